The molecule has 2 rings (SSSR count). The van der Waals surface area contributed by atoms with Gasteiger partial charge in [0.1, 0.15) is 0 Å². The van der Waals surface area contributed by atoms with Gasteiger partial charge in [0, 0.05) is 16.6 Å². The maximum absolute atomic E-state index is 12.9. The zero-order chi connectivity index (χ0) is 15.7. The minimum absolute atomic E-state index is 0.00903. The number of nitrogens with one attached hydrogen (secondary N) is 1. The summed E-state index contributed by atoms with van der Waals surface area (Å²) in [5, 5.41) is 2.81. The zero-order valence-corrected chi connectivity index (χ0v) is 12.9. The molecule has 3 nitrogen and oxygen atoms in total. The Morgan fingerprint density at radius 3 is 2.48 bits per heavy atom. The van der Waals surface area contributed by atoms with Crippen molar-refractivity contribution in [2.45, 2.75) is 37.4 Å². The van der Waals surface area contributed by atoms with Gasteiger partial charge in [-0.05, 0) is 31.0 Å². The second-order valence-corrected chi connectivity index (χ2v) is 6.19. The van der Waals surface area contributed by atoms with Crippen LogP contribution in [0.15, 0.2) is 22.7 Å². The number of hydrogen-bond acceptors (Lipinski definition) is 2. The Hall–Kier alpha value is -1.08. The smallest absolute Gasteiger partial charge is 0.345 e. The molecule has 0 unspecified atom stereocenters. The third-order valence-electron chi connectivity index (χ3n) is 3.86. The van der Waals surface area contributed by atoms with Gasteiger partial charge in [-0.15, -0.1) is 0 Å². The lowest BCUT2D eigenvalue weighted by molar-refractivity contribution is -0.138. The van der Waals surface area contributed by atoms with Crippen LogP contribution in [0.1, 0.15) is 41.6 Å². The summed E-state index contributed by atoms with van der Waals surface area (Å²) in [4.78, 5) is 12.2. The van der Waals surface area contributed by atoms with Crippen molar-refractivity contribution in [2.75, 3.05) is 6.54 Å². The van der Waals surface area contributed by atoms with Gasteiger partial charge in [0.25, 0.3) is 5.91 Å². The molecule has 1 aromatic carbocycles. The quantitative estimate of drug-likeness (QED) is 0.862. The third-order valence-corrected chi connectivity index (χ3v) is 4.56. The molecule has 0 aliphatic heterocycles. The SMILES string of the molecule is NCC1(NC(=O)c2ccc(Br)c(C(F)(F)F)c2)CCCC1. The van der Waals surface area contributed by atoms with Crippen molar-refractivity contribution in [3.8, 4) is 0 Å². The second-order valence-electron chi connectivity index (χ2n) is 5.34. The Kier molecular flexibility index (Phi) is 4.63. The monoisotopic (exact) mass is 364 g/mol. The first-order chi connectivity index (χ1) is 9.77. The highest BCUT2D eigenvalue weighted by molar-refractivity contribution is 9.10. The van der Waals surface area contributed by atoms with Crippen LogP contribution in [0.25, 0.3) is 0 Å². The van der Waals surface area contributed by atoms with E-state index in [1.165, 1.54) is 12.1 Å². The number of carbonyl (C=O) groups is 1. The molecule has 1 amide bonds. The van der Waals surface area contributed by atoms with Crippen molar-refractivity contribution in [1.82, 2.24) is 5.32 Å². The van der Waals surface area contributed by atoms with Gasteiger partial charge in [0.15, 0.2) is 0 Å². The first kappa shape index (κ1) is 16.3. The molecule has 3 N–H and O–H groups in total. The molecule has 0 spiro atoms. The average molecular weight is 365 g/mol. The van der Waals surface area contributed by atoms with Crippen molar-refractivity contribution in [2.24, 2.45) is 5.73 Å². The number of rotatable bonds is 3. The van der Waals surface area contributed by atoms with Crippen LogP contribution in [0, 0.1) is 0 Å². The van der Waals surface area contributed by atoms with E-state index in [0.29, 0.717) is 6.54 Å². The molecular weight excluding hydrogens is 349 g/mol. The minimum Gasteiger partial charge on any atom is -0.345 e. The highest BCUT2D eigenvalue weighted by Crippen LogP contribution is 2.35. The van der Waals surface area contributed by atoms with Crippen molar-refractivity contribution >= 4 is 21.8 Å². The first-order valence-corrected chi connectivity index (χ1v) is 7.46. The van der Waals surface area contributed by atoms with Gasteiger partial charge in [0.2, 0.25) is 0 Å². The fraction of sp³-hybridized carbons (Fsp3) is 0.500. The summed E-state index contributed by atoms with van der Waals surface area (Å²) in [6.07, 6.45) is -1.05. The maximum atomic E-state index is 12.9. The molecule has 0 bridgehead atoms. The topological polar surface area (TPSA) is 55.1 Å². The van der Waals surface area contributed by atoms with E-state index in [-0.39, 0.29) is 10.0 Å². The largest absolute Gasteiger partial charge is 0.417 e. The summed E-state index contributed by atoms with van der Waals surface area (Å²) in [6, 6.07) is 3.47. The zero-order valence-electron chi connectivity index (χ0n) is 11.3. The lowest BCUT2D eigenvalue weighted by atomic mass is 9.97. The Balaban J connectivity index is 2.24. The van der Waals surface area contributed by atoms with Crippen LogP contribution >= 0.6 is 15.9 Å². The molecule has 21 heavy (non-hydrogen) atoms. The molecule has 7 heteroatoms. The minimum atomic E-state index is -4.51. The molecule has 0 heterocycles. The van der Waals surface area contributed by atoms with E-state index in [4.69, 9.17) is 5.73 Å². The van der Waals surface area contributed by atoms with E-state index in [1.54, 1.807) is 0 Å². The number of amides is 1. The number of benzene rings is 1. The lowest BCUT2D eigenvalue weighted by Gasteiger charge is -2.28. The fourth-order valence-corrected chi connectivity index (χ4v) is 3.10. The number of carbonyl (C=O) groups excluding carboxylic acids is 1. The normalized spacial score (nSPS) is 17.8. The second kappa shape index (κ2) is 5.96. The Morgan fingerprint density at radius 1 is 1.33 bits per heavy atom. The third kappa shape index (κ3) is 3.58. The van der Waals surface area contributed by atoms with Gasteiger partial charge in [-0.3, -0.25) is 4.79 Å². The molecule has 1 fully saturated rings. The van der Waals surface area contributed by atoms with Crippen LogP contribution in [-0.2, 0) is 6.18 Å². The van der Waals surface area contributed by atoms with Crippen molar-refractivity contribution < 1.29 is 18.0 Å². The molecule has 0 aromatic heterocycles. The lowest BCUT2D eigenvalue weighted by Crippen LogP contribution is -2.51. The van der Waals surface area contributed by atoms with Crippen LogP contribution in [-0.4, -0.2) is 18.0 Å². The van der Waals surface area contributed by atoms with Gasteiger partial charge in [-0.1, -0.05) is 28.8 Å². The molecule has 0 saturated heterocycles. The summed E-state index contributed by atoms with van der Waals surface area (Å²) in [6.45, 7) is 0.293. The number of nitrogens with two attached hydrogens (primary N) is 1. The van der Waals surface area contributed by atoms with Gasteiger partial charge in [-0.25, -0.2) is 0 Å². The van der Waals surface area contributed by atoms with E-state index in [2.05, 4.69) is 21.2 Å². The van der Waals surface area contributed by atoms with Crippen LogP contribution in [0.4, 0.5) is 13.2 Å². The Labute approximate surface area is 129 Å². The summed E-state index contributed by atoms with van der Waals surface area (Å²) >= 11 is 2.86. The highest BCUT2D eigenvalue weighted by atomic mass is 79.9. The van der Waals surface area contributed by atoms with Crippen LogP contribution in [0.2, 0.25) is 0 Å². The maximum Gasteiger partial charge on any atom is 0.417 e. The average Bonchev–Trinajstić information content (AvgIpc) is 2.87. The predicted molar refractivity (Wildman–Crippen MR) is 76.9 cm³/mol. The number of halogens is 4. The summed E-state index contributed by atoms with van der Waals surface area (Å²) in [5.74, 6) is -0.514. The van der Waals surface area contributed by atoms with Gasteiger partial charge < -0.3 is 11.1 Å². The molecule has 0 atom stereocenters. The van der Waals surface area contributed by atoms with Crippen LogP contribution in [0.3, 0.4) is 0 Å². The van der Waals surface area contributed by atoms with E-state index < -0.39 is 23.2 Å². The van der Waals surface area contributed by atoms with E-state index in [9.17, 15) is 18.0 Å². The fourth-order valence-electron chi connectivity index (χ4n) is 2.63. The van der Waals surface area contributed by atoms with Crippen LogP contribution < -0.4 is 11.1 Å². The molecule has 1 aliphatic carbocycles. The highest BCUT2D eigenvalue weighted by Gasteiger charge is 2.36. The summed E-state index contributed by atoms with van der Waals surface area (Å²) in [5.41, 5.74) is 4.37. The Bertz CT molecular complexity index is 540. The summed E-state index contributed by atoms with van der Waals surface area (Å²) < 4.78 is 38.5. The summed E-state index contributed by atoms with van der Waals surface area (Å²) in [7, 11) is 0. The van der Waals surface area contributed by atoms with Gasteiger partial charge in [0.05, 0.1) is 11.1 Å². The molecule has 0 radical (unpaired) electrons. The standard InChI is InChI=1S/C14H16BrF3N2O/c15-11-4-3-9(7-10(11)14(16,17)18)12(21)20-13(8-19)5-1-2-6-13/h3-4,7H,1-2,5-6,8,19H2,(H,20,21). The van der Waals surface area contributed by atoms with E-state index >= 15 is 0 Å². The predicted octanol–water partition coefficient (Wildman–Crippen LogP) is 3.47. The van der Waals surface area contributed by atoms with Crippen molar-refractivity contribution in [3.05, 3.63) is 33.8 Å². The van der Waals surface area contributed by atoms with E-state index in [0.717, 1.165) is 31.7 Å². The Morgan fingerprint density at radius 2 is 1.95 bits per heavy atom. The van der Waals surface area contributed by atoms with Gasteiger partial charge in [-0.2, -0.15) is 13.2 Å². The molecule has 1 aromatic rings. The molecule has 1 saturated carbocycles. The first-order valence-electron chi connectivity index (χ1n) is 6.67. The van der Waals surface area contributed by atoms with E-state index in [1.807, 2.05) is 0 Å². The molecule has 1 aliphatic rings. The molecule has 116 valence electrons. The van der Waals surface area contributed by atoms with Crippen molar-refractivity contribution in [1.29, 1.82) is 0 Å². The van der Waals surface area contributed by atoms with Crippen molar-refractivity contribution in [3.63, 3.8) is 0 Å². The number of hydrogen-bond donors (Lipinski definition) is 2. The van der Waals surface area contributed by atoms with Crippen LogP contribution in [0.5, 0.6) is 0 Å². The molecular formula is C14H16BrF3N2O. The number of alkyl halides is 3. The van der Waals surface area contributed by atoms with Gasteiger partial charge >= 0.3 is 6.18 Å².